The summed E-state index contributed by atoms with van der Waals surface area (Å²) >= 11 is 1.76. The van der Waals surface area contributed by atoms with E-state index in [1.807, 2.05) is 49.9 Å². The molecular weight excluding hydrogens is 452 g/mol. The third-order valence-corrected chi connectivity index (χ3v) is 7.86. The van der Waals surface area contributed by atoms with Crippen molar-refractivity contribution in [3.05, 3.63) is 92.7 Å². The summed E-state index contributed by atoms with van der Waals surface area (Å²) in [7, 11) is 0. The fourth-order valence-corrected chi connectivity index (χ4v) is 5.60. The maximum Gasteiger partial charge on any atom is 0.254 e. The van der Waals surface area contributed by atoms with Gasteiger partial charge >= 0.3 is 0 Å². The fraction of sp³-hybridized carbons (Fsp3) is 0.400. The maximum atomic E-state index is 13.8. The molecule has 1 unspecified atom stereocenters. The minimum Gasteiger partial charge on any atom is -0.330 e. The van der Waals surface area contributed by atoms with Crippen molar-refractivity contribution >= 4 is 23.2 Å². The topological polar surface area (TPSA) is 40.6 Å². The predicted octanol–water partition coefficient (Wildman–Crippen LogP) is 6.38. The van der Waals surface area contributed by atoms with Gasteiger partial charge in [0.25, 0.3) is 5.91 Å². The van der Waals surface area contributed by atoms with Crippen molar-refractivity contribution in [2.45, 2.75) is 65.5 Å². The molecule has 0 fully saturated rings. The van der Waals surface area contributed by atoms with Crippen molar-refractivity contribution < 1.29 is 9.59 Å². The number of fused-ring (bicyclic) bond motifs is 1. The second-order valence-electron chi connectivity index (χ2n) is 10.8. The van der Waals surface area contributed by atoms with Crippen LogP contribution in [0.3, 0.4) is 0 Å². The Kier molecular flexibility index (Phi) is 7.18. The van der Waals surface area contributed by atoms with Crippen LogP contribution in [0.1, 0.15) is 78.1 Å². The normalized spacial score (nSPS) is 15.7. The zero-order valence-electron chi connectivity index (χ0n) is 21.7. The molecule has 4 rings (SSSR count). The Morgan fingerprint density at radius 2 is 1.69 bits per heavy atom. The summed E-state index contributed by atoms with van der Waals surface area (Å²) in [4.78, 5) is 32.1. The summed E-state index contributed by atoms with van der Waals surface area (Å²) in [5.41, 5.74) is 5.39. The van der Waals surface area contributed by atoms with Crippen LogP contribution in [-0.4, -0.2) is 40.7 Å². The average Bonchev–Trinajstić information content (AvgIpc) is 3.30. The molecule has 1 atom stereocenters. The van der Waals surface area contributed by atoms with Gasteiger partial charge in [0, 0.05) is 23.0 Å². The number of hydrogen-bond acceptors (Lipinski definition) is 3. The van der Waals surface area contributed by atoms with E-state index in [0.29, 0.717) is 12.1 Å². The van der Waals surface area contributed by atoms with E-state index in [9.17, 15) is 9.59 Å². The summed E-state index contributed by atoms with van der Waals surface area (Å²) in [5, 5.41) is 2.12. The summed E-state index contributed by atoms with van der Waals surface area (Å²) in [6.07, 6.45) is 0.850. The van der Waals surface area contributed by atoms with Crippen LogP contribution in [0.5, 0.6) is 0 Å². The molecule has 1 aromatic heterocycles. The quantitative estimate of drug-likeness (QED) is 0.418. The third kappa shape index (κ3) is 5.35. The van der Waals surface area contributed by atoms with E-state index in [1.54, 1.807) is 16.2 Å². The van der Waals surface area contributed by atoms with Crippen LogP contribution >= 0.6 is 11.3 Å². The lowest BCUT2D eigenvalue weighted by atomic mass is 9.85. The molecule has 4 nitrogen and oxygen atoms in total. The minimum absolute atomic E-state index is 0.0130. The van der Waals surface area contributed by atoms with Crippen molar-refractivity contribution in [1.82, 2.24) is 9.80 Å². The number of carbonyl (C=O) groups excluding carboxylic acids is 2. The number of aryl methyl sites for hydroxylation is 1. The van der Waals surface area contributed by atoms with Gasteiger partial charge < -0.3 is 9.80 Å². The molecule has 0 spiro atoms. The summed E-state index contributed by atoms with van der Waals surface area (Å²) in [5.74, 6) is -0.117. The van der Waals surface area contributed by atoms with Crippen LogP contribution in [0, 0.1) is 6.92 Å². The van der Waals surface area contributed by atoms with Crippen LogP contribution < -0.4 is 0 Å². The highest BCUT2D eigenvalue weighted by Crippen LogP contribution is 2.38. The van der Waals surface area contributed by atoms with E-state index in [-0.39, 0.29) is 35.9 Å². The number of rotatable bonds is 5. The Morgan fingerprint density at radius 1 is 1.03 bits per heavy atom. The Morgan fingerprint density at radius 3 is 2.29 bits per heavy atom. The first-order valence-corrected chi connectivity index (χ1v) is 13.3. The number of carbonyl (C=O) groups is 2. The first-order valence-electron chi connectivity index (χ1n) is 12.4. The lowest BCUT2D eigenvalue weighted by Gasteiger charge is -2.38. The van der Waals surface area contributed by atoms with Crippen molar-refractivity contribution in [2.75, 3.05) is 13.1 Å². The monoisotopic (exact) mass is 488 g/mol. The first kappa shape index (κ1) is 25.2. The van der Waals surface area contributed by atoms with E-state index in [2.05, 4.69) is 56.5 Å². The number of thiophene rings is 1. The zero-order valence-corrected chi connectivity index (χ0v) is 22.5. The molecule has 0 radical (unpaired) electrons. The molecule has 0 saturated carbocycles. The van der Waals surface area contributed by atoms with E-state index < -0.39 is 0 Å². The molecule has 1 aliphatic heterocycles. The van der Waals surface area contributed by atoms with Gasteiger partial charge in [-0.15, -0.1) is 11.3 Å². The van der Waals surface area contributed by atoms with Crippen LogP contribution in [0.2, 0.25) is 0 Å². The fourth-order valence-electron chi connectivity index (χ4n) is 4.70. The highest BCUT2D eigenvalue weighted by atomic mass is 32.1. The smallest absolute Gasteiger partial charge is 0.254 e. The molecule has 184 valence electrons. The van der Waals surface area contributed by atoms with E-state index in [0.717, 1.165) is 17.5 Å². The van der Waals surface area contributed by atoms with Gasteiger partial charge in [0.2, 0.25) is 5.91 Å². The van der Waals surface area contributed by atoms with E-state index in [1.165, 1.54) is 16.0 Å². The average molecular weight is 489 g/mol. The van der Waals surface area contributed by atoms with E-state index >= 15 is 0 Å². The maximum absolute atomic E-state index is 13.8. The van der Waals surface area contributed by atoms with Crippen LogP contribution in [0.25, 0.3) is 0 Å². The largest absolute Gasteiger partial charge is 0.330 e. The molecule has 1 aliphatic rings. The van der Waals surface area contributed by atoms with Gasteiger partial charge in [-0.2, -0.15) is 0 Å². The molecule has 3 aromatic rings. The van der Waals surface area contributed by atoms with Crippen molar-refractivity contribution in [3.63, 3.8) is 0 Å². The van der Waals surface area contributed by atoms with Gasteiger partial charge in [0.15, 0.2) is 0 Å². The zero-order chi connectivity index (χ0) is 25.3. The number of benzene rings is 2. The molecule has 2 aromatic carbocycles. The molecule has 0 bridgehead atoms. The third-order valence-electron chi connectivity index (χ3n) is 6.87. The first-order chi connectivity index (χ1) is 16.6. The number of hydrogen-bond donors (Lipinski definition) is 0. The number of amides is 2. The van der Waals surface area contributed by atoms with Crippen LogP contribution in [-0.2, 0) is 16.6 Å². The Balaban J connectivity index is 1.63. The molecule has 35 heavy (non-hydrogen) atoms. The van der Waals surface area contributed by atoms with Gasteiger partial charge in [-0.1, -0.05) is 62.7 Å². The molecular formula is C30H36N2O2S. The van der Waals surface area contributed by atoms with Gasteiger partial charge in [-0.05, 0) is 72.9 Å². The van der Waals surface area contributed by atoms with Gasteiger partial charge in [0.05, 0.1) is 6.04 Å². The predicted molar refractivity (Wildman–Crippen MR) is 144 cm³/mol. The second kappa shape index (κ2) is 9.98. The molecule has 0 aliphatic carbocycles. The van der Waals surface area contributed by atoms with Gasteiger partial charge in [-0.25, -0.2) is 0 Å². The SMILES string of the molecule is Cc1ccc(C(=O)N(CC(=O)N2CCc3sccc3C2c2ccc(C(C)(C)C)cc2)C(C)C)cc1. The Bertz CT molecular complexity index is 1190. The molecule has 5 heteroatoms. The Labute approximate surface area is 213 Å². The van der Waals surface area contributed by atoms with Crippen molar-refractivity contribution in [3.8, 4) is 0 Å². The summed E-state index contributed by atoms with van der Waals surface area (Å²) < 4.78 is 0. The highest BCUT2D eigenvalue weighted by Gasteiger charge is 2.34. The highest BCUT2D eigenvalue weighted by molar-refractivity contribution is 7.10. The summed E-state index contributed by atoms with van der Waals surface area (Å²) in [6, 6.07) is 18.2. The van der Waals surface area contributed by atoms with Crippen LogP contribution in [0.4, 0.5) is 0 Å². The van der Waals surface area contributed by atoms with Crippen molar-refractivity contribution in [2.24, 2.45) is 0 Å². The molecule has 2 heterocycles. The minimum atomic E-state index is -0.130. The molecule has 0 saturated heterocycles. The van der Waals surface area contributed by atoms with Crippen molar-refractivity contribution in [1.29, 1.82) is 0 Å². The lowest BCUT2D eigenvalue weighted by molar-refractivity contribution is -0.134. The van der Waals surface area contributed by atoms with Gasteiger partial charge in [-0.3, -0.25) is 9.59 Å². The molecule has 2 amide bonds. The van der Waals surface area contributed by atoms with Gasteiger partial charge in [0.1, 0.15) is 6.54 Å². The second-order valence-corrected chi connectivity index (χ2v) is 11.8. The lowest BCUT2D eigenvalue weighted by Crippen LogP contribution is -2.48. The standard InChI is InChI=1S/C30H36N2O2S/c1-20(2)32(29(34)23-9-7-21(3)8-10-23)19-27(33)31-17-15-26-25(16-18-35-26)28(31)22-11-13-24(14-12-22)30(4,5)6/h7-14,16,18,20,28H,15,17,19H2,1-6H3. The number of nitrogens with zero attached hydrogens (tertiary/aromatic N) is 2. The summed E-state index contributed by atoms with van der Waals surface area (Å²) in [6.45, 7) is 13.3. The Hall–Kier alpha value is -2.92. The van der Waals surface area contributed by atoms with Crippen LogP contribution in [0.15, 0.2) is 60.0 Å². The molecule has 0 N–H and O–H groups in total. The van der Waals surface area contributed by atoms with E-state index in [4.69, 9.17) is 0 Å².